The molecule has 0 atom stereocenters. The van der Waals surface area contributed by atoms with Gasteiger partial charge in [0.2, 0.25) is 0 Å². The van der Waals surface area contributed by atoms with E-state index in [-0.39, 0.29) is 5.78 Å². The van der Waals surface area contributed by atoms with E-state index in [2.05, 4.69) is 0 Å². The normalized spacial score (nSPS) is 11.2. The van der Waals surface area contributed by atoms with Crippen LogP contribution >= 0.6 is 0 Å². The molecule has 2 nitrogen and oxygen atoms in total. The molecule has 2 aromatic rings. The molecule has 0 unspecified atom stereocenters. The first-order valence-corrected chi connectivity index (χ1v) is 4.41. The van der Waals surface area contributed by atoms with E-state index in [0.717, 1.165) is 16.5 Å². The average Bonchev–Trinajstić information content (AvgIpc) is 2.61. The molecule has 0 spiro atoms. The lowest BCUT2D eigenvalue weighted by molar-refractivity contribution is -0.112. The minimum absolute atomic E-state index is 0.0530. The van der Waals surface area contributed by atoms with Crippen LogP contribution in [-0.4, -0.2) is 5.78 Å². The monoisotopic (exact) mass is 186 g/mol. The molecule has 0 fully saturated rings. The molecule has 0 aliphatic carbocycles. The van der Waals surface area contributed by atoms with Crippen molar-refractivity contribution < 1.29 is 9.21 Å². The zero-order valence-electron chi connectivity index (χ0n) is 7.86. The molecule has 0 bridgehead atoms. The lowest BCUT2D eigenvalue weighted by atomic mass is 10.1. The van der Waals surface area contributed by atoms with Crippen LogP contribution in [0, 0.1) is 0 Å². The van der Waals surface area contributed by atoms with Crippen LogP contribution in [0.3, 0.4) is 0 Å². The van der Waals surface area contributed by atoms with Crippen LogP contribution in [0.25, 0.3) is 17.0 Å². The Balaban J connectivity index is 2.39. The molecule has 0 saturated carbocycles. The highest BCUT2D eigenvalue weighted by atomic mass is 16.3. The van der Waals surface area contributed by atoms with Crippen molar-refractivity contribution in [3.63, 3.8) is 0 Å². The van der Waals surface area contributed by atoms with Gasteiger partial charge in [-0.2, -0.15) is 0 Å². The van der Waals surface area contributed by atoms with Gasteiger partial charge in [0.05, 0.1) is 6.26 Å². The minimum Gasteiger partial charge on any atom is -0.464 e. The van der Waals surface area contributed by atoms with Crippen molar-refractivity contribution in [2.45, 2.75) is 6.92 Å². The Morgan fingerprint density at radius 2 is 2.21 bits per heavy atom. The fourth-order valence-electron chi connectivity index (χ4n) is 1.30. The largest absolute Gasteiger partial charge is 0.464 e. The first kappa shape index (κ1) is 8.75. The standard InChI is InChI=1S/C12H10O2/c1-9(13)2-3-10-4-5-12-11(8-10)6-7-14-12/h2-8H,1H3. The summed E-state index contributed by atoms with van der Waals surface area (Å²) in [4.78, 5) is 10.7. The van der Waals surface area contributed by atoms with E-state index < -0.39 is 0 Å². The molecule has 1 aromatic carbocycles. The second-order valence-electron chi connectivity index (χ2n) is 3.16. The Morgan fingerprint density at radius 1 is 1.36 bits per heavy atom. The molecule has 0 aliphatic heterocycles. The summed E-state index contributed by atoms with van der Waals surface area (Å²) < 4.78 is 5.21. The number of hydrogen-bond donors (Lipinski definition) is 0. The highest BCUT2D eigenvalue weighted by molar-refractivity contribution is 5.92. The van der Waals surface area contributed by atoms with Crippen molar-refractivity contribution in [1.29, 1.82) is 0 Å². The van der Waals surface area contributed by atoms with Gasteiger partial charge < -0.3 is 4.42 Å². The third-order valence-corrected chi connectivity index (χ3v) is 1.99. The zero-order valence-corrected chi connectivity index (χ0v) is 7.86. The number of rotatable bonds is 2. The van der Waals surface area contributed by atoms with E-state index in [1.54, 1.807) is 18.4 Å². The first-order valence-electron chi connectivity index (χ1n) is 4.41. The molecule has 0 amide bonds. The summed E-state index contributed by atoms with van der Waals surface area (Å²) in [6, 6.07) is 7.71. The molecule has 14 heavy (non-hydrogen) atoms. The maximum Gasteiger partial charge on any atom is 0.152 e. The SMILES string of the molecule is CC(=O)C=Cc1ccc2occc2c1. The van der Waals surface area contributed by atoms with Gasteiger partial charge in [0.15, 0.2) is 5.78 Å². The van der Waals surface area contributed by atoms with Crippen LogP contribution in [0.15, 0.2) is 41.0 Å². The number of benzene rings is 1. The Kier molecular flexibility index (Phi) is 2.19. The smallest absolute Gasteiger partial charge is 0.152 e. The van der Waals surface area contributed by atoms with Gasteiger partial charge in [-0.3, -0.25) is 4.79 Å². The van der Waals surface area contributed by atoms with Gasteiger partial charge in [-0.25, -0.2) is 0 Å². The highest BCUT2D eigenvalue weighted by Gasteiger charge is 1.96. The predicted molar refractivity (Wildman–Crippen MR) is 55.9 cm³/mol. The van der Waals surface area contributed by atoms with Crippen molar-refractivity contribution in [2.24, 2.45) is 0 Å². The summed E-state index contributed by atoms with van der Waals surface area (Å²) >= 11 is 0. The third kappa shape index (κ3) is 1.74. The number of hydrogen-bond acceptors (Lipinski definition) is 2. The summed E-state index contributed by atoms with van der Waals surface area (Å²) in [6.07, 6.45) is 5.01. The topological polar surface area (TPSA) is 30.2 Å². The van der Waals surface area contributed by atoms with Gasteiger partial charge >= 0.3 is 0 Å². The van der Waals surface area contributed by atoms with Crippen molar-refractivity contribution >= 4 is 22.8 Å². The molecule has 0 saturated heterocycles. The van der Waals surface area contributed by atoms with Gasteiger partial charge in [-0.05, 0) is 36.8 Å². The summed E-state index contributed by atoms with van der Waals surface area (Å²) in [5.41, 5.74) is 1.87. The summed E-state index contributed by atoms with van der Waals surface area (Å²) in [5, 5.41) is 1.05. The van der Waals surface area contributed by atoms with Crippen molar-refractivity contribution in [2.75, 3.05) is 0 Å². The molecule has 0 radical (unpaired) electrons. The molecule has 0 N–H and O–H groups in total. The van der Waals surface area contributed by atoms with E-state index in [1.165, 1.54) is 6.92 Å². The lowest BCUT2D eigenvalue weighted by Crippen LogP contribution is -1.79. The van der Waals surface area contributed by atoms with Crippen LogP contribution < -0.4 is 0 Å². The fraction of sp³-hybridized carbons (Fsp3) is 0.0833. The molecule has 70 valence electrons. The number of furan rings is 1. The molecule has 0 aliphatic rings. The third-order valence-electron chi connectivity index (χ3n) is 1.99. The summed E-state index contributed by atoms with van der Waals surface area (Å²) in [7, 11) is 0. The minimum atomic E-state index is 0.0530. The first-order chi connectivity index (χ1) is 6.75. The predicted octanol–water partition coefficient (Wildman–Crippen LogP) is 3.04. The van der Waals surface area contributed by atoms with Gasteiger partial charge in [0.25, 0.3) is 0 Å². The summed E-state index contributed by atoms with van der Waals surface area (Å²) in [6.45, 7) is 1.53. The average molecular weight is 186 g/mol. The van der Waals surface area contributed by atoms with Gasteiger partial charge in [-0.15, -0.1) is 0 Å². The summed E-state index contributed by atoms with van der Waals surface area (Å²) in [5.74, 6) is 0.0530. The molecule has 2 heteroatoms. The van der Waals surface area contributed by atoms with Gasteiger partial charge in [-0.1, -0.05) is 12.1 Å². The van der Waals surface area contributed by atoms with Crippen LogP contribution in [-0.2, 0) is 4.79 Å². The van der Waals surface area contributed by atoms with Crippen LogP contribution in [0.5, 0.6) is 0 Å². The van der Waals surface area contributed by atoms with Crippen molar-refractivity contribution in [3.8, 4) is 0 Å². The second kappa shape index (κ2) is 3.50. The van der Waals surface area contributed by atoms with Crippen LogP contribution in [0.4, 0.5) is 0 Å². The van der Waals surface area contributed by atoms with Crippen molar-refractivity contribution in [1.82, 2.24) is 0 Å². The van der Waals surface area contributed by atoms with Gasteiger partial charge in [0, 0.05) is 5.39 Å². The molecular formula is C12H10O2. The lowest BCUT2D eigenvalue weighted by Gasteiger charge is -1.92. The maximum absolute atomic E-state index is 10.7. The number of carbonyl (C=O) groups is 1. The number of carbonyl (C=O) groups excluding carboxylic acids is 1. The fourth-order valence-corrected chi connectivity index (χ4v) is 1.30. The number of fused-ring (bicyclic) bond motifs is 1. The Morgan fingerprint density at radius 3 is 3.00 bits per heavy atom. The van der Waals surface area contributed by atoms with E-state index >= 15 is 0 Å². The molecule has 1 heterocycles. The molecule has 2 rings (SSSR count). The Bertz CT molecular complexity index is 492. The quantitative estimate of drug-likeness (QED) is 0.675. The zero-order chi connectivity index (χ0) is 9.97. The maximum atomic E-state index is 10.7. The van der Waals surface area contributed by atoms with Crippen LogP contribution in [0.1, 0.15) is 12.5 Å². The van der Waals surface area contributed by atoms with E-state index in [1.807, 2.05) is 24.3 Å². The van der Waals surface area contributed by atoms with Crippen LogP contribution in [0.2, 0.25) is 0 Å². The van der Waals surface area contributed by atoms with E-state index in [4.69, 9.17) is 4.42 Å². The second-order valence-corrected chi connectivity index (χ2v) is 3.16. The molecular weight excluding hydrogens is 176 g/mol. The van der Waals surface area contributed by atoms with Crippen molar-refractivity contribution in [3.05, 3.63) is 42.2 Å². The molecule has 1 aromatic heterocycles. The van der Waals surface area contributed by atoms with E-state index in [0.29, 0.717) is 0 Å². The Hall–Kier alpha value is -1.83. The number of allylic oxidation sites excluding steroid dienone is 1. The number of ketones is 1. The van der Waals surface area contributed by atoms with E-state index in [9.17, 15) is 4.79 Å². The highest BCUT2D eigenvalue weighted by Crippen LogP contribution is 2.17. The van der Waals surface area contributed by atoms with Gasteiger partial charge in [0.1, 0.15) is 5.58 Å². The Labute approximate surface area is 81.8 Å².